The summed E-state index contributed by atoms with van der Waals surface area (Å²) in [5.74, 6) is -0.350. The van der Waals surface area contributed by atoms with Gasteiger partial charge in [-0.1, -0.05) is 24.3 Å². The van der Waals surface area contributed by atoms with Crippen LogP contribution in [0.15, 0.2) is 29.3 Å². The summed E-state index contributed by atoms with van der Waals surface area (Å²) in [5, 5.41) is 10.0. The Morgan fingerprint density at radius 3 is 2.48 bits per heavy atom. The van der Waals surface area contributed by atoms with Crippen molar-refractivity contribution in [2.45, 2.75) is 24.3 Å². The first-order valence-electron chi connectivity index (χ1n) is 7.34. The van der Waals surface area contributed by atoms with Gasteiger partial charge < -0.3 is 9.63 Å². The van der Waals surface area contributed by atoms with E-state index in [9.17, 15) is 9.59 Å². The zero-order valence-electron chi connectivity index (χ0n) is 13.0. The number of carboxylic acids is 1. The fourth-order valence-electron chi connectivity index (χ4n) is 2.71. The minimum absolute atomic E-state index is 0.0254. The molecule has 1 heterocycles. The number of benzene rings is 1. The smallest absolute Gasteiger partial charge is 0.329 e. The Morgan fingerprint density at radius 2 is 2.00 bits per heavy atom. The van der Waals surface area contributed by atoms with Crippen LogP contribution in [0.1, 0.15) is 28.8 Å². The molecule has 1 fully saturated rings. The highest BCUT2D eigenvalue weighted by Gasteiger charge is 2.51. The Kier molecular flexibility index (Phi) is 4.59. The third kappa shape index (κ3) is 3.08. The highest BCUT2D eigenvalue weighted by atomic mass is 32.2. The van der Waals surface area contributed by atoms with Gasteiger partial charge in [0.25, 0.3) is 0 Å². The maximum atomic E-state index is 12.1. The molecule has 1 aromatic rings. The van der Waals surface area contributed by atoms with E-state index in [1.807, 2.05) is 24.3 Å². The van der Waals surface area contributed by atoms with Crippen LogP contribution in [0.25, 0.3) is 0 Å². The Labute approximate surface area is 140 Å². The van der Waals surface area contributed by atoms with Gasteiger partial charge in [0.1, 0.15) is 8.15 Å². The van der Waals surface area contributed by atoms with Crippen LogP contribution in [0.2, 0.25) is 0 Å². The van der Waals surface area contributed by atoms with E-state index in [-0.39, 0.29) is 10.9 Å². The van der Waals surface area contributed by atoms with Gasteiger partial charge in [-0.2, -0.15) is 0 Å². The lowest BCUT2D eigenvalue weighted by atomic mass is 9.96. The lowest BCUT2D eigenvalue weighted by Crippen LogP contribution is -2.18. The van der Waals surface area contributed by atoms with Crippen molar-refractivity contribution in [2.75, 3.05) is 19.5 Å². The number of aliphatic imine (C=N–C) groups is 1. The van der Waals surface area contributed by atoms with Crippen LogP contribution < -0.4 is 0 Å². The molecule has 0 saturated heterocycles. The van der Waals surface area contributed by atoms with E-state index in [4.69, 9.17) is 9.63 Å². The Morgan fingerprint density at radius 1 is 1.35 bits per heavy atom. The van der Waals surface area contributed by atoms with E-state index in [2.05, 4.69) is 4.99 Å². The van der Waals surface area contributed by atoms with Gasteiger partial charge >= 0.3 is 5.97 Å². The van der Waals surface area contributed by atoms with Crippen molar-refractivity contribution in [2.24, 2.45) is 4.99 Å². The summed E-state index contributed by atoms with van der Waals surface area (Å²) in [5.41, 5.74) is 1.67. The summed E-state index contributed by atoms with van der Waals surface area (Å²) in [6.07, 6.45) is 1.97. The van der Waals surface area contributed by atoms with Crippen molar-refractivity contribution in [1.82, 2.24) is 0 Å². The summed E-state index contributed by atoms with van der Waals surface area (Å²) in [4.78, 5) is 27.6. The van der Waals surface area contributed by atoms with E-state index in [0.717, 1.165) is 23.4 Å². The second-order valence-electron chi connectivity index (χ2n) is 5.74. The minimum Gasteiger partial charge on any atom is -0.480 e. The molecule has 0 aromatic heterocycles. The summed E-state index contributed by atoms with van der Waals surface area (Å²) >= 11 is 1.55. The van der Waals surface area contributed by atoms with Crippen LogP contribution in [0, 0.1) is 0 Å². The highest BCUT2D eigenvalue weighted by molar-refractivity contribution is 8.14. The largest absolute Gasteiger partial charge is 0.480 e. The van der Waals surface area contributed by atoms with E-state index in [0.29, 0.717) is 11.3 Å². The lowest BCUT2D eigenvalue weighted by Gasteiger charge is -2.16. The molecule has 7 heteroatoms. The van der Waals surface area contributed by atoms with Gasteiger partial charge in [0.15, 0.2) is 6.04 Å². The van der Waals surface area contributed by atoms with Crippen molar-refractivity contribution >= 4 is 36.4 Å². The van der Waals surface area contributed by atoms with E-state index >= 15 is 0 Å². The van der Waals surface area contributed by atoms with Gasteiger partial charge in [-0.3, -0.25) is 9.79 Å². The van der Waals surface area contributed by atoms with Crippen LogP contribution in [0.3, 0.4) is 0 Å². The number of aliphatic carboxylic acids is 1. The van der Waals surface area contributed by atoms with E-state index in [1.165, 1.54) is 0 Å². The molecule has 1 saturated carbocycles. The first kappa shape index (κ1) is 16.6. The van der Waals surface area contributed by atoms with Gasteiger partial charge in [-0.05, 0) is 25.1 Å². The fraction of sp³-hybridized carbons (Fsp3) is 0.438. The number of hydrogen-bond donors (Lipinski definition) is 1. The summed E-state index contributed by atoms with van der Waals surface area (Å²) in [6.45, 7) is 1.80. The molecule has 23 heavy (non-hydrogen) atoms. The highest BCUT2D eigenvalue weighted by Crippen LogP contribution is 2.53. The van der Waals surface area contributed by atoms with Crippen molar-refractivity contribution in [1.29, 1.82) is 0 Å². The first-order chi connectivity index (χ1) is 11.0. The van der Waals surface area contributed by atoms with Crippen LogP contribution in [0.4, 0.5) is 0 Å². The zero-order valence-corrected chi connectivity index (χ0v) is 14.7. The van der Waals surface area contributed by atoms with Gasteiger partial charge in [-0.15, -0.1) is 11.8 Å². The molecule has 1 aliphatic carbocycles. The molecule has 2 atom stereocenters. The van der Waals surface area contributed by atoms with Gasteiger partial charge in [0.05, 0.1) is 5.04 Å². The number of rotatable bonds is 6. The standard InChI is InChI=1S/C16H18NO4PS/c1-21-22(2)14(20)10-3-5-11(6-4-10)16(7-8-16)15-17-12(9-23-15)13(18)19/h3-6,12H,7-9H2,1-2H3,(H,18,19). The molecule has 1 N–H and O–H groups in total. The van der Waals surface area contributed by atoms with Gasteiger partial charge in [0.2, 0.25) is 5.52 Å². The molecule has 2 unspecified atom stereocenters. The maximum absolute atomic E-state index is 12.1. The van der Waals surface area contributed by atoms with Crippen molar-refractivity contribution in [3.05, 3.63) is 35.4 Å². The van der Waals surface area contributed by atoms with Crippen LogP contribution in [-0.2, 0) is 14.7 Å². The number of carboxylic acid groups (broad SMARTS) is 1. The van der Waals surface area contributed by atoms with Crippen LogP contribution >= 0.6 is 19.9 Å². The zero-order chi connectivity index (χ0) is 16.6. The molecule has 122 valence electrons. The predicted molar refractivity (Wildman–Crippen MR) is 92.9 cm³/mol. The molecule has 0 radical (unpaired) electrons. The molecular weight excluding hydrogens is 333 g/mol. The topological polar surface area (TPSA) is 76.0 Å². The van der Waals surface area contributed by atoms with E-state index in [1.54, 1.807) is 25.5 Å². The lowest BCUT2D eigenvalue weighted by molar-refractivity contribution is -0.137. The molecule has 2 aliphatic rings. The molecular formula is C16H18NO4PS. The predicted octanol–water partition coefficient (Wildman–Crippen LogP) is 3.13. The molecule has 1 aromatic carbocycles. The van der Waals surface area contributed by atoms with Gasteiger partial charge in [-0.25, -0.2) is 4.79 Å². The molecule has 5 nitrogen and oxygen atoms in total. The number of carbonyl (C=O) groups is 2. The second kappa shape index (κ2) is 6.34. The Hall–Kier alpha value is -1.23. The SMILES string of the molecule is COP(C)C(=O)c1ccc(C2(C3=NC(C(=O)O)CS3)CC2)cc1. The van der Waals surface area contributed by atoms with Crippen molar-refractivity contribution in [3.63, 3.8) is 0 Å². The molecule has 0 spiro atoms. The quantitative estimate of drug-likeness (QED) is 0.797. The first-order valence-corrected chi connectivity index (χ1v) is 10.0. The second-order valence-corrected chi connectivity index (χ2v) is 8.52. The summed E-state index contributed by atoms with van der Waals surface area (Å²) in [7, 11) is 0.455. The fourth-order valence-corrected chi connectivity index (χ4v) is 4.72. The van der Waals surface area contributed by atoms with Crippen molar-refractivity contribution < 1.29 is 19.2 Å². The maximum Gasteiger partial charge on any atom is 0.329 e. The molecule has 0 bridgehead atoms. The molecule has 3 rings (SSSR count). The Bertz CT molecular complexity index is 669. The number of thioether (sulfide) groups is 1. The number of carbonyl (C=O) groups excluding carboxylic acids is 1. The Balaban J connectivity index is 1.81. The third-order valence-corrected chi connectivity index (χ3v) is 6.97. The average molecular weight is 351 g/mol. The van der Waals surface area contributed by atoms with E-state index < -0.39 is 20.2 Å². The molecule has 1 aliphatic heterocycles. The number of nitrogens with zero attached hydrogens (tertiary/aromatic N) is 1. The van der Waals surface area contributed by atoms with Crippen LogP contribution in [0.5, 0.6) is 0 Å². The number of hydrogen-bond acceptors (Lipinski definition) is 5. The minimum atomic E-state index is -1.09. The summed E-state index contributed by atoms with van der Waals surface area (Å²) < 4.78 is 5.13. The third-order valence-electron chi connectivity index (χ3n) is 4.34. The monoisotopic (exact) mass is 351 g/mol. The van der Waals surface area contributed by atoms with Crippen molar-refractivity contribution in [3.8, 4) is 0 Å². The summed E-state index contributed by atoms with van der Waals surface area (Å²) in [6, 6.07) is 6.99. The molecule has 0 amide bonds. The van der Waals surface area contributed by atoms with Crippen LogP contribution in [-0.4, -0.2) is 47.2 Å². The normalized spacial score (nSPS) is 23.2. The van der Waals surface area contributed by atoms with Gasteiger partial charge in [0, 0.05) is 23.8 Å². The average Bonchev–Trinajstić information content (AvgIpc) is 3.22.